The fourth-order valence-electron chi connectivity index (χ4n) is 2.41. The van der Waals surface area contributed by atoms with Crippen LogP contribution >= 0.6 is 0 Å². The average molecular weight is 255 g/mol. The molecule has 2 fully saturated rings. The zero-order chi connectivity index (χ0) is 12.9. The van der Waals surface area contributed by atoms with Crippen molar-refractivity contribution in [3.63, 3.8) is 0 Å². The van der Waals surface area contributed by atoms with E-state index >= 15 is 0 Å². The lowest BCUT2D eigenvalue weighted by Crippen LogP contribution is -2.60. The van der Waals surface area contributed by atoms with Gasteiger partial charge in [0.25, 0.3) is 0 Å². The van der Waals surface area contributed by atoms with Gasteiger partial charge in [0.1, 0.15) is 23.4 Å². The molecule has 18 heavy (non-hydrogen) atoms. The number of hydrogen-bond acceptors (Lipinski definition) is 6. The molecule has 0 aromatic rings. The van der Waals surface area contributed by atoms with Crippen LogP contribution in [0.25, 0.3) is 0 Å². The molecule has 0 spiro atoms. The van der Waals surface area contributed by atoms with E-state index in [9.17, 15) is 9.50 Å². The van der Waals surface area contributed by atoms with Crippen LogP contribution in [-0.2, 0) is 9.47 Å². The zero-order valence-electron chi connectivity index (χ0n) is 9.62. The highest BCUT2D eigenvalue weighted by atomic mass is 19.1. The molecule has 3 rings (SSSR count). The molecule has 3 aliphatic heterocycles. The number of aliphatic hydroxyl groups is 1. The lowest BCUT2D eigenvalue weighted by atomic mass is 9.92. The van der Waals surface area contributed by atoms with E-state index in [1.807, 2.05) is 0 Å². The second-order valence-electron chi connectivity index (χ2n) is 4.58. The molecule has 2 saturated heterocycles. The van der Waals surface area contributed by atoms with Gasteiger partial charge in [0.05, 0.1) is 13.2 Å². The molecule has 3 N–H and O–H groups in total. The molecule has 3 heterocycles. The number of ether oxygens (including phenoxy) is 2. The van der Waals surface area contributed by atoms with Crippen molar-refractivity contribution in [1.82, 2.24) is 4.90 Å². The maximum absolute atomic E-state index is 14.2. The van der Waals surface area contributed by atoms with Gasteiger partial charge in [0.15, 0.2) is 12.4 Å². The van der Waals surface area contributed by atoms with Gasteiger partial charge < -0.3 is 25.2 Å². The maximum atomic E-state index is 14.2. The van der Waals surface area contributed by atoms with E-state index in [4.69, 9.17) is 15.2 Å². The normalized spacial score (nSPS) is 42.6. The number of aliphatic hydroxyl groups excluding tert-OH is 1. The highest BCUT2D eigenvalue weighted by Gasteiger charge is 2.64. The van der Waals surface area contributed by atoms with E-state index < -0.39 is 24.1 Å². The van der Waals surface area contributed by atoms with Gasteiger partial charge in [-0.1, -0.05) is 6.58 Å². The molecule has 4 atom stereocenters. The minimum Gasteiger partial charge on any atom is -0.393 e. The van der Waals surface area contributed by atoms with Gasteiger partial charge in [-0.2, -0.15) is 0 Å². The van der Waals surface area contributed by atoms with E-state index in [2.05, 4.69) is 11.6 Å². The van der Waals surface area contributed by atoms with Crippen LogP contribution in [0, 0.1) is 0 Å². The number of nitrogens with zero attached hydrogens (tertiary/aromatic N) is 2. The van der Waals surface area contributed by atoms with E-state index in [0.29, 0.717) is 11.7 Å². The summed E-state index contributed by atoms with van der Waals surface area (Å²) in [6.45, 7) is 3.62. The van der Waals surface area contributed by atoms with E-state index in [1.165, 1.54) is 11.0 Å². The Hall–Kier alpha value is -1.44. The topological polar surface area (TPSA) is 80.3 Å². The van der Waals surface area contributed by atoms with Crippen molar-refractivity contribution in [2.45, 2.75) is 24.1 Å². The zero-order valence-corrected chi connectivity index (χ0v) is 9.62. The Morgan fingerprint density at radius 2 is 2.50 bits per heavy atom. The van der Waals surface area contributed by atoms with Gasteiger partial charge in [-0.05, 0) is 6.08 Å². The molecular weight excluding hydrogens is 241 g/mol. The minimum atomic E-state index is -1.37. The summed E-state index contributed by atoms with van der Waals surface area (Å²) in [4.78, 5) is 5.41. The van der Waals surface area contributed by atoms with Crippen LogP contribution in [0.2, 0.25) is 0 Å². The quantitative estimate of drug-likeness (QED) is 0.693. The molecule has 7 heteroatoms. The van der Waals surface area contributed by atoms with E-state index in [-0.39, 0.29) is 13.2 Å². The Balaban J connectivity index is 1.83. The smallest absolute Gasteiger partial charge is 0.174 e. The van der Waals surface area contributed by atoms with Crippen molar-refractivity contribution in [2.75, 3.05) is 13.2 Å². The standard InChI is InChI=1S/C11H14FN3O3/c1-6-14-7(13)2-3-15(6)10-8(12)9-11(4-16,18-10)5-17-9/h2-3,8-10,16H,1,4-5H2,(H2,13,14)/t8-,9+,10-,11+/m1/s1. The van der Waals surface area contributed by atoms with Crippen LogP contribution < -0.4 is 5.73 Å². The third-order valence-electron chi connectivity index (χ3n) is 3.45. The van der Waals surface area contributed by atoms with Crippen LogP contribution in [0.4, 0.5) is 4.39 Å². The SMILES string of the molecule is C=C1N=C(N)C=CN1[C@@H]1O[C@@]2(CO)CO[C@H]2[C@H]1F. The Kier molecular flexibility index (Phi) is 2.44. The van der Waals surface area contributed by atoms with Crippen LogP contribution in [0.5, 0.6) is 0 Å². The van der Waals surface area contributed by atoms with Crippen LogP contribution in [0.3, 0.4) is 0 Å². The molecule has 6 nitrogen and oxygen atoms in total. The molecule has 0 bridgehead atoms. The van der Waals surface area contributed by atoms with Gasteiger partial charge in [-0.15, -0.1) is 0 Å². The predicted molar refractivity (Wildman–Crippen MR) is 61.1 cm³/mol. The number of halogens is 1. The van der Waals surface area contributed by atoms with Crippen LogP contribution in [0.1, 0.15) is 0 Å². The first-order valence-corrected chi connectivity index (χ1v) is 5.61. The molecule has 0 aliphatic carbocycles. The highest BCUT2D eigenvalue weighted by Crippen LogP contribution is 2.44. The van der Waals surface area contributed by atoms with Gasteiger partial charge in [0, 0.05) is 6.20 Å². The van der Waals surface area contributed by atoms with E-state index in [1.54, 1.807) is 6.20 Å². The van der Waals surface area contributed by atoms with Crippen molar-refractivity contribution < 1.29 is 19.0 Å². The van der Waals surface area contributed by atoms with E-state index in [0.717, 1.165) is 0 Å². The number of rotatable bonds is 2. The molecule has 0 aromatic heterocycles. The Morgan fingerprint density at radius 3 is 3.00 bits per heavy atom. The summed E-state index contributed by atoms with van der Waals surface area (Å²) < 4.78 is 25.0. The monoisotopic (exact) mass is 255 g/mol. The van der Waals surface area contributed by atoms with Gasteiger partial charge >= 0.3 is 0 Å². The molecule has 0 unspecified atom stereocenters. The second kappa shape index (κ2) is 3.78. The number of alkyl halides is 1. The summed E-state index contributed by atoms with van der Waals surface area (Å²) in [6, 6.07) is 0. The predicted octanol–water partition coefficient (Wildman–Crippen LogP) is -0.532. The Morgan fingerprint density at radius 1 is 1.72 bits per heavy atom. The largest absolute Gasteiger partial charge is 0.393 e. The first kappa shape index (κ1) is 11.6. The van der Waals surface area contributed by atoms with Gasteiger partial charge in [0.2, 0.25) is 0 Å². The average Bonchev–Trinajstić information content (AvgIpc) is 2.48. The first-order chi connectivity index (χ1) is 8.57. The van der Waals surface area contributed by atoms with Crippen molar-refractivity contribution in [2.24, 2.45) is 10.7 Å². The number of amidine groups is 1. The number of fused-ring (bicyclic) bond motifs is 1. The number of aliphatic imine (C=N–C) groups is 1. The molecular formula is C11H14FN3O3. The second-order valence-corrected chi connectivity index (χ2v) is 4.58. The van der Waals surface area contributed by atoms with Crippen molar-refractivity contribution >= 4 is 5.84 Å². The van der Waals surface area contributed by atoms with Crippen LogP contribution in [-0.4, -0.2) is 53.2 Å². The maximum Gasteiger partial charge on any atom is 0.174 e. The molecule has 98 valence electrons. The Labute approximate surface area is 103 Å². The first-order valence-electron chi connectivity index (χ1n) is 5.61. The van der Waals surface area contributed by atoms with Crippen molar-refractivity contribution in [3.8, 4) is 0 Å². The summed E-state index contributed by atoms with van der Waals surface area (Å²) in [6.07, 6.45) is 0.0962. The fraction of sp³-hybridized carbons (Fsp3) is 0.545. The van der Waals surface area contributed by atoms with Crippen LogP contribution in [0.15, 0.2) is 29.7 Å². The third kappa shape index (κ3) is 1.41. The van der Waals surface area contributed by atoms with Crippen molar-refractivity contribution in [3.05, 3.63) is 24.7 Å². The summed E-state index contributed by atoms with van der Waals surface area (Å²) in [5, 5.41) is 9.31. The van der Waals surface area contributed by atoms with Crippen molar-refractivity contribution in [1.29, 1.82) is 0 Å². The summed E-state index contributed by atoms with van der Waals surface area (Å²) in [7, 11) is 0. The van der Waals surface area contributed by atoms with Gasteiger partial charge in [-0.25, -0.2) is 9.38 Å². The third-order valence-corrected chi connectivity index (χ3v) is 3.45. The molecule has 0 radical (unpaired) electrons. The lowest BCUT2D eigenvalue weighted by molar-refractivity contribution is -0.245. The number of hydrogen-bond donors (Lipinski definition) is 2. The highest BCUT2D eigenvalue weighted by molar-refractivity contribution is 5.92. The molecule has 3 aliphatic rings. The molecule has 0 aromatic carbocycles. The lowest BCUT2D eigenvalue weighted by Gasteiger charge is -2.41. The number of nitrogens with two attached hydrogens (primary N) is 1. The molecule has 0 saturated carbocycles. The molecule has 0 amide bonds. The van der Waals surface area contributed by atoms with Gasteiger partial charge in [-0.3, -0.25) is 0 Å². The summed E-state index contributed by atoms with van der Waals surface area (Å²) in [5.74, 6) is 0.609. The summed E-state index contributed by atoms with van der Waals surface area (Å²) >= 11 is 0. The minimum absolute atomic E-state index is 0.195. The Bertz CT molecular complexity index is 449. The summed E-state index contributed by atoms with van der Waals surface area (Å²) in [5.41, 5.74) is 4.58. The fourth-order valence-corrected chi connectivity index (χ4v) is 2.41.